The van der Waals surface area contributed by atoms with Gasteiger partial charge in [0.05, 0.1) is 43.7 Å². The highest BCUT2D eigenvalue weighted by molar-refractivity contribution is 7.89. The van der Waals surface area contributed by atoms with Gasteiger partial charge in [0.1, 0.15) is 0 Å². The largest absolute Gasteiger partial charge is 0.493 e. The summed E-state index contributed by atoms with van der Waals surface area (Å²) in [4.78, 5) is 0.0398. The van der Waals surface area contributed by atoms with Crippen LogP contribution in [0.15, 0.2) is 76.7 Å². The molecule has 1 heterocycles. The summed E-state index contributed by atoms with van der Waals surface area (Å²) >= 11 is 0. The maximum atomic E-state index is 11.7. The molecule has 3 aromatic carbocycles. The molecule has 0 bridgehead atoms. The summed E-state index contributed by atoms with van der Waals surface area (Å²) in [5, 5.41) is 12.0. The third kappa shape index (κ3) is 4.37. The molecule has 4 rings (SSSR count). The quantitative estimate of drug-likeness (QED) is 0.568. The Morgan fingerprint density at radius 2 is 1.55 bits per heavy atom. The Balaban J connectivity index is 1.83. The summed E-state index contributed by atoms with van der Waals surface area (Å²) in [5.41, 5.74) is 3.48. The van der Waals surface area contributed by atoms with Gasteiger partial charge < -0.3 is 14.2 Å². The van der Waals surface area contributed by atoms with Crippen molar-refractivity contribution in [2.45, 2.75) is 17.4 Å². The van der Waals surface area contributed by atoms with E-state index in [0.29, 0.717) is 23.7 Å². The number of primary sulfonamides is 1. The zero-order chi connectivity index (χ0) is 23.6. The van der Waals surface area contributed by atoms with E-state index in [-0.39, 0.29) is 10.9 Å². The minimum atomic E-state index is -3.79. The van der Waals surface area contributed by atoms with Gasteiger partial charge in [-0.3, -0.25) is 5.01 Å². The van der Waals surface area contributed by atoms with Gasteiger partial charge in [-0.1, -0.05) is 30.3 Å². The highest BCUT2D eigenvalue weighted by atomic mass is 32.2. The van der Waals surface area contributed by atoms with Crippen LogP contribution >= 0.6 is 0 Å². The number of nitrogens with zero attached hydrogens (tertiary/aromatic N) is 2. The molecule has 8 nitrogen and oxygen atoms in total. The van der Waals surface area contributed by atoms with E-state index in [1.54, 1.807) is 33.5 Å². The van der Waals surface area contributed by atoms with Gasteiger partial charge in [0.15, 0.2) is 11.5 Å². The van der Waals surface area contributed by atoms with Gasteiger partial charge in [0.2, 0.25) is 15.8 Å². The van der Waals surface area contributed by atoms with E-state index in [0.717, 1.165) is 22.5 Å². The third-order valence-corrected chi connectivity index (χ3v) is 6.47. The van der Waals surface area contributed by atoms with Crippen LogP contribution in [0.3, 0.4) is 0 Å². The fourth-order valence-corrected chi connectivity index (χ4v) is 4.49. The van der Waals surface area contributed by atoms with Crippen LogP contribution in [0.1, 0.15) is 23.6 Å². The van der Waals surface area contributed by atoms with Gasteiger partial charge in [-0.05, 0) is 42.0 Å². The third-order valence-electron chi connectivity index (χ3n) is 5.54. The smallest absolute Gasteiger partial charge is 0.238 e. The number of methoxy groups -OCH3 is 3. The molecule has 1 aliphatic heterocycles. The summed E-state index contributed by atoms with van der Waals surface area (Å²) in [6.07, 6.45) is 0.604. The lowest BCUT2D eigenvalue weighted by atomic mass is 9.97. The predicted molar refractivity (Wildman–Crippen MR) is 127 cm³/mol. The highest BCUT2D eigenvalue weighted by Gasteiger charge is 2.34. The van der Waals surface area contributed by atoms with Crippen molar-refractivity contribution in [3.63, 3.8) is 0 Å². The first kappa shape index (κ1) is 22.6. The van der Waals surface area contributed by atoms with Crippen molar-refractivity contribution in [3.8, 4) is 17.2 Å². The number of sulfonamides is 1. The molecule has 0 radical (unpaired) electrons. The Kier molecular flexibility index (Phi) is 6.26. The Morgan fingerprint density at radius 3 is 2.12 bits per heavy atom. The van der Waals surface area contributed by atoms with Crippen molar-refractivity contribution < 1.29 is 22.6 Å². The Labute approximate surface area is 193 Å². The van der Waals surface area contributed by atoms with Crippen LogP contribution in [-0.4, -0.2) is 35.5 Å². The molecular weight excluding hydrogens is 442 g/mol. The summed E-state index contributed by atoms with van der Waals surface area (Å²) in [6.45, 7) is 0. The molecule has 0 amide bonds. The maximum Gasteiger partial charge on any atom is 0.238 e. The number of nitrogens with two attached hydrogens (primary N) is 1. The summed E-state index contributed by atoms with van der Waals surface area (Å²) in [7, 11) is 0.924. The van der Waals surface area contributed by atoms with Crippen LogP contribution in [0.4, 0.5) is 5.69 Å². The van der Waals surface area contributed by atoms with Crippen molar-refractivity contribution >= 4 is 21.4 Å². The number of hydrogen-bond acceptors (Lipinski definition) is 7. The SMILES string of the molecule is COc1ccc(C2CC(c3ccccc3)=NN2c2ccc(S(N)(=O)=O)cc2)c(OC)c1OC. The lowest BCUT2D eigenvalue weighted by molar-refractivity contribution is 0.321. The maximum absolute atomic E-state index is 11.7. The molecule has 172 valence electrons. The zero-order valence-corrected chi connectivity index (χ0v) is 19.4. The van der Waals surface area contributed by atoms with Crippen molar-refractivity contribution in [1.82, 2.24) is 0 Å². The summed E-state index contributed by atoms with van der Waals surface area (Å²) in [6, 6.07) is 19.8. The van der Waals surface area contributed by atoms with E-state index >= 15 is 0 Å². The first-order valence-corrected chi connectivity index (χ1v) is 11.8. The van der Waals surface area contributed by atoms with Crippen molar-refractivity contribution in [2.75, 3.05) is 26.3 Å². The molecule has 0 saturated carbocycles. The Hall–Kier alpha value is -3.56. The minimum absolute atomic E-state index is 0.0398. The average molecular weight is 468 g/mol. The van der Waals surface area contributed by atoms with Crippen molar-refractivity contribution in [2.24, 2.45) is 10.2 Å². The predicted octanol–water partition coefficient (Wildman–Crippen LogP) is 3.72. The molecule has 1 atom stereocenters. The minimum Gasteiger partial charge on any atom is -0.493 e. The van der Waals surface area contributed by atoms with E-state index in [9.17, 15) is 8.42 Å². The van der Waals surface area contributed by atoms with Crippen LogP contribution in [0, 0.1) is 0 Å². The van der Waals surface area contributed by atoms with E-state index in [1.165, 1.54) is 12.1 Å². The summed E-state index contributed by atoms with van der Waals surface area (Å²) < 4.78 is 40.1. The number of hydrogen-bond donors (Lipinski definition) is 1. The number of anilines is 1. The normalized spacial score (nSPS) is 15.8. The fraction of sp³-hybridized carbons (Fsp3) is 0.208. The van der Waals surface area contributed by atoms with Gasteiger partial charge in [-0.25, -0.2) is 13.6 Å². The van der Waals surface area contributed by atoms with Crippen LogP contribution in [0.5, 0.6) is 17.2 Å². The second-order valence-electron chi connectivity index (χ2n) is 7.44. The van der Waals surface area contributed by atoms with Gasteiger partial charge in [0.25, 0.3) is 0 Å². The van der Waals surface area contributed by atoms with E-state index < -0.39 is 10.0 Å². The molecule has 0 saturated heterocycles. The first-order chi connectivity index (χ1) is 15.9. The molecule has 1 aliphatic rings. The number of ether oxygens (including phenoxy) is 3. The lowest BCUT2D eigenvalue weighted by Crippen LogP contribution is -2.20. The molecule has 1 unspecified atom stereocenters. The van der Waals surface area contributed by atoms with E-state index in [1.807, 2.05) is 47.5 Å². The number of hydrazone groups is 1. The molecule has 0 fully saturated rings. The van der Waals surface area contributed by atoms with Crippen molar-refractivity contribution in [1.29, 1.82) is 0 Å². The molecule has 9 heteroatoms. The molecular formula is C24H25N3O5S. The average Bonchev–Trinajstić information content (AvgIpc) is 3.28. The van der Waals surface area contributed by atoms with Gasteiger partial charge in [0, 0.05) is 12.0 Å². The number of benzene rings is 3. The van der Waals surface area contributed by atoms with Crippen molar-refractivity contribution in [3.05, 3.63) is 77.9 Å². The van der Waals surface area contributed by atoms with Gasteiger partial charge >= 0.3 is 0 Å². The molecule has 0 aliphatic carbocycles. The molecule has 33 heavy (non-hydrogen) atoms. The standard InChI is InChI=1S/C24H25N3O5S/c1-30-22-14-13-19(23(31-2)24(22)32-3)21-15-20(16-7-5-4-6-8-16)26-27(21)17-9-11-18(12-10-17)33(25,28)29/h4-14,21H,15H2,1-3H3,(H2,25,28,29). The monoisotopic (exact) mass is 467 g/mol. The van der Waals surface area contributed by atoms with Gasteiger partial charge in [-0.2, -0.15) is 5.10 Å². The van der Waals surface area contributed by atoms with Crippen LogP contribution < -0.4 is 24.4 Å². The van der Waals surface area contributed by atoms with Crippen LogP contribution in [0.2, 0.25) is 0 Å². The fourth-order valence-electron chi connectivity index (χ4n) is 3.97. The molecule has 2 N–H and O–H groups in total. The Morgan fingerprint density at radius 1 is 0.879 bits per heavy atom. The second kappa shape index (κ2) is 9.13. The lowest BCUT2D eigenvalue weighted by Gasteiger charge is -2.26. The highest BCUT2D eigenvalue weighted by Crippen LogP contribution is 2.47. The van der Waals surface area contributed by atoms with E-state index in [4.69, 9.17) is 24.5 Å². The van der Waals surface area contributed by atoms with Crippen LogP contribution in [0.25, 0.3) is 0 Å². The summed E-state index contributed by atoms with van der Waals surface area (Å²) in [5.74, 6) is 1.61. The van der Waals surface area contributed by atoms with E-state index in [2.05, 4.69) is 0 Å². The molecule has 0 aromatic heterocycles. The molecule has 3 aromatic rings. The topological polar surface area (TPSA) is 103 Å². The second-order valence-corrected chi connectivity index (χ2v) is 9.00. The molecule has 0 spiro atoms. The van der Waals surface area contributed by atoms with Gasteiger partial charge in [-0.15, -0.1) is 0 Å². The zero-order valence-electron chi connectivity index (χ0n) is 18.6. The van der Waals surface area contributed by atoms with Crippen LogP contribution in [-0.2, 0) is 10.0 Å². The Bertz CT molecular complexity index is 1280. The first-order valence-electron chi connectivity index (χ1n) is 10.2. The number of rotatable bonds is 7.